The molecule has 1 fully saturated rings. The molecule has 17 heavy (non-hydrogen) atoms. The van der Waals surface area contributed by atoms with E-state index in [1.165, 1.54) is 5.54 Å². The maximum Gasteiger partial charge on any atom is 0.245 e. The van der Waals surface area contributed by atoms with Crippen molar-refractivity contribution in [3.63, 3.8) is 0 Å². The van der Waals surface area contributed by atoms with E-state index in [0.717, 1.165) is 6.42 Å². The second-order valence-corrected chi connectivity index (χ2v) is 4.66. The van der Waals surface area contributed by atoms with E-state index in [-0.39, 0.29) is 17.7 Å². The largest absolute Gasteiger partial charge is 0.343 e. The molecule has 0 spiro atoms. The molecule has 0 radical (unpaired) electrons. The molecule has 0 saturated carbocycles. The Morgan fingerprint density at radius 3 is 2.71 bits per heavy atom. The summed E-state index contributed by atoms with van der Waals surface area (Å²) in [7, 11) is 0. The third-order valence-corrected chi connectivity index (χ3v) is 3.37. The van der Waals surface area contributed by atoms with Crippen molar-refractivity contribution in [1.29, 1.82) is 0 Å². The van der Waals surface area contributed by atoms with E-state index in [1.807, 2.05) is 13.8 Å². The fraction of sp³-hybridized carbons (Fsp3) is 0.667. The van der Waals surface area contributed by atoms with Gasteiger partial charge in [0.25, 0.3) is 0 Å². The lowest BCUT2D eigenvalue weighted by atomic mass is 9.93. The van der Waals surface area contributed by atoms with Crippen LogP contribution in [0.5, 0.6) is 0 Å². The summed E-state index contributed by atoms with van der Waals surface area (Å²) in [6.07, 6.45) is 2.53. The van der Waals surface area contributed by atoms with Crippen LogP contribution >= 0.6 is 11.6 Å². The number of nitrogens with one attached hydrogen (secondary N) is 1. The van der Waals surface area contributed by atoms with Crippen LogP contribution in [0.3, 0.4) is 0 Å². The molecule has 5 heteroatoms. The molecular formula is C12H19ClN2O2. The molecule has 1 heterocycles. The molecule has 3 atom stereocenters. The van der Waals surface area contributed by atoms with E-state index >= 15 is 0 Å². The molecule has 1 aliphatic rings. The van der Waals surface area contributed by atoms with Crippen LogP contribution in [-0.4, -0.2) is 35.3 Å². The Hall–Kier alpha value is -1.03. The number of rotatable bonds is 4. The molecule has 0 aromatic rings. The fourth-order valence-electron chi connectivity index (χ4n) is 2.03. The number of carbonyl (C=O) groups is 2. The zero-order chi connectivity index (χ0) is 13.0. The number of hydrogen-bond acceptors (Lipinski definition) is 2. The van der Waals surface area contributed by atoms with Gasteiger partial charge < -0.3 is 10.2 Å². The van der Waals surface area contributed by atoms with Gasteiger partial charge in [0, 0.05) is 12.1 Å². The molecule has 4 nitrogen and oxygen atoms in total. The zero-order valence-corrected chi connectivity index (χ0v) is 11.2. The summed E-state index contributed by atoms with van der Waals surface area (Å²) >= 11 is 5.48. The van der Waals surface area contributed by atoms with Crippen molar-refractivity contribution in [1.82, 2.24) is 10.2 Å². The lowest BCUT2D eigenvalue weighted by molar-refractivity contribution is -0.150. The first-order valence-corrected chi connectivity index (χ1v) is 6.32. The second kappa shape index (κ2) is 6.05. The highest BCUT2D eigenvalue weighted by atomic mass is 35.5. The van der Waals surface area contributed by atoms with Gasteiger partial charge in [0.2, 0.25) is 11.8 Å². The number of hydrogen-bond donors (Lipinski definition) is 1. The topological polar surface area (TPSA) is 49.4 Å². The highest BCUT2D eigenvalue weighted by Gasteiger charge is 2.40. The summed E-state index contributed by atoms with van der Waals surface area (Å²) < 4.78 is 0. The van der Waals surface area contributed by atoms with Gasteiger partial charge in [-0.25, -0.2) is 0 Å². The minimum Gasteiger partial charge on any atom is -0.343 e. The Labute approximate surface area is 107 Å². The summed E-state index contributed by atoms with van der Waals surface area (Å²) in [6.45, 7) is 6.07. The van der Waals surface area contributed by atoms with Gasteiger partial charge >= 0.3 is 0 Å². The highest BCUT2D eigenvalue weighted by molar-refractivity contribution is 6.25. The summed E-state index contributed by atoms with van der Waals surface area (Å²) in [5.74, 6) is 0.00858. The summed E-state index contributed by atoms with van der Waals surface area (Å²) in [6, 6.07) is -0.844. The number of piperazine rings is 1. The average molecular weight is 259 g/mol. The molecule has 0 aromatic heterocycles. The molecule has 3 unspecified atom stereocenters. The van der Waals surface area contributed by atoms with Gasteiger partial charge in [0.15, 0.2) is 0 Å². The molecule has 1 aliphatic heterocycles. The normalized spacial score (nSPS) is 27.4. The number of amides is 2. The number of halogens is 1. The molecule has 1 rings (SSSR count). The highest BCUT2D eigenvalue weighted by Crippen LogP contribution is 2.20. The predicted molar refractivity (Wildman–Crippen MR) is 67.6 cm³/mol. The van der Waals surface area contributed by atoms with Crippen molar-refractivity contribution >= 4 is 23.4 Å². The van der Waals surface area contributed by atoms with E-state index in [1.54, 1.807) is 17.9 Å². The third kappa shape index (κ3) is 3.00. The molecular weight excluding hydrogens is 240 g/mol. The summed E-state index contributed by atoms with van der Waals surface area (Å²) in [4.78, 5) is 25.6. The van der Waals surface area contributed by atoms with E-state index in [0.29, 0.717) is 6.54 Å². The van der Waals surface area contributed by atoms with Crippen molar-refractivity contribution in [3.8, 4) is 0 Å². The maximum absolute atomic E-state index is 12.0. The molecule has 0 aromatic carbocycles. The maximum atomic E-state index is 12.0. The van der Waals surface area contributed by atoms with Crippen molar-refractivity contribution in [2.45, 2.75) is 39.3 Å². The minimum absolute atomic E-state index is 0.0512. The Morgan fingerprint density at radius 2 is 2.18 bits per heavy atom. The van der Waals surface area contributed by atoms with E-state index in [9.17, 15) is 9.59 Å². The number of carbonyl (C=O) groups excluding carboxylic acids is 2. The molecule has 1 saturated heterocycles. The first-order chi connectivity index (χ1) is 8.02. The lowest BCUT2D eigenvalue weighted by Crippen LogP contribution is -2.64. The quantitative estimate of drug-likeness (QED) is 0.831. The molecule has 1 N–H and O–H groups in total. The van der Waals surface area contributed by atoms with E-state index < -0.39 is 12.1 Å². The Morgan fingerprint density at radius 1 is 1.53 bits per heavy atom. The van der Waals surface area contributed by atoms with Crippen molar-refractivity contribution < 1.29 is 9.59 Å². The Kier molecular flexibility index (Phi) is 5.00. The second-order valence-electron chi connectivity index (χ2n) is 4.41. The van der Waals surface area contributed by atoms with E-state index in [4.69, 9.17) is 11.6 Å². The van der Waals surface area contributed by atoms with Crippen molar-refractivity contribution in [2.75, 3.05) is 6.54 Å². The SMILES string of the molecule is CCC(C)C1C(=O)NC(C)C(=O)N1C/C=C/Cl. The molecule has 0 bridgehead atoms. The van der Waals surface area contributed by atoms with Crippen LogP contribution in [-0.2, 0) is 9.59 Å². The van der Waals surface area contributed by atoms with Crippen LogP contribution in [0, 0.1) is 5.92 Å². The first kappa shape index (κ1) is 14.0. The van der Waals surface area contributed by atoms with Crippen LogP contribution in [0.4, 0.5) is 0 Å². The van der Waals surface area contributed by atoms with Gasteiger partial charge in [-0.3, -0.25) is 9.59 Å². The minimum atomic E-state index is -0.452. The molecule has 96 valence electrons. The number of nitrogens with zero attached hydrogens (tertiary/aromatic N) is 1. The van der Waals surface area contributed by atoms with Gasteiger partial charge in [-0.15, -0.1) is 0 Å². The predicted octanol–water partition coefficient (Wildman–Crippen LogP) is 1.50. The average Bonchev–Trinajstić information content (AvgIpc) is 2.31. The van der Waals surface area contributed by atoms with Crippen LogP contribution in [0.15, 0.2) is 11.6 Å². The monoisotopic (exact) mass is 258 g/mol. The van der Waals surface area contributed by atoms with Gasteiger partial charge in [-0.05, 0) is 12.8 Å². The van der Waals surface area contributed by atoms with E-state index in [2.05, 4.69) is 5.32 Å². The van der Waals surface area contributed by atoms with Gasteiger partial charge in [0.1, 0.15) is 12.1 Å². The van der Waals surface area contributed by atoms with Crippen LogP contribution in [0.25, 0.3) is 0 Å². The van der Waals surface area contributed by atoms with Crippen molar-refractivity contribution in [2.24, 2.45) is 5.92 Å². The van der Waals surface area contributed by atoms with Gasteiger partial charge in [-0.1, -0.05) is 37.9 Å². The van der Waals surface area contributed by atoms with Crippen molar-refractivity contribution in [3.05, 3.63) is 11.6 Å². The summed E-state index contributed by atoms with van der Waals surface area (Å²) in [5, 5.41) is 2.71. The first-order valence-electron chi connectivity index (χ1n) is 5.89. The zero-order valence-electron chi connectivity index (χ0n) is 10.4. The van der Waals surface area contributed by atoms with Crippen LogP contribution in [0.1, 0.15) is 27.2 Å². The van der Waals surface area contributed by atoms with Crippen LogP contribution in [0.2, 0.25) is 0 Å². The standard InChI is InChI=1S/C12H19ClN2O2/c1-4-8(2)10-11(16)14-9(3)12(17)15(10)7-5-6-13/h5-6,8-10H,4,7H2,1-3H3,(H,14,16)/b6-5+. The van der Waals surface area contributed by atoms with Crippen LogP contribution < -0.4 is 5.32 Å². The molecule has 2 amide bonds. The Bertz CT molecular complexity index is 330. The fourth-order valence-corrected chi connectivity index (χ4v) is 2.11. The summed E-state index contributed by atoms with van der Waals surface area (Å²) in [5.41, 5.74) is 1.37. The third-order valence-electron chi connectivity index (χ3n) is 3.19. The Balaban J connectivity index is 2.94. The van der Waals surface area contributed by atoms with Gasteiger partial charge in [0.05, 0.1) is 0 Å². The molecule has 0 aliphatic carbocycles. The smallest absolute Gasteiger partial charge is 0.245 e. The lowest BCUT2D eigenvalue weighted by Gasteiger charge is -2.40. The van der Waals surface area contributed by atoms with Gasteiger partial charge in [-0.2, -0.15) is 0 Å².